The third-order valence-electron chi connectivity index (χ3n) is 7.45. The third kappa shape index (κ3) is 4.48. The molecule has 1 aliphatic heterocycles. The average Bonchev–Trinajstić information content (AvgIpc) is 3.08. The molecule has 1 atom stereocenters. The van der Waals surface area contributed by atoms with Gasteiger partial charge in [0.25, 0.3) is 0 Å². The van der Waals surface area contributed by atoms with Gasteiger partial charge in [-0.25, -0.2) is 9.97 Å². The number of hydrogen-bond donors (Lipinski definition) is 2. The highest BCUT2D eigenvalue weighted by Crippen LogP contribution is 2.51. The molecule has 1 fully saturated rings. The number of piperidine rings is 1. The van der Waals surface area contributed by atoms with Gasteiger partial charge in [0.05, 0.1) is 11.2 Å². The van der Waals surface area contributed by atoms with Gasteiger partial charge in [-0.3, -0.25) is 0 Å². The van der Waals surface area contributed by atoms with Crippen LogP contribution in [0.5, 0.6) is 0 Å². The van der Waals surface area contributed by atoms with Crippen molar-refractivity contribution >= 4 is 47.4 Å². The zero-order valence-corrected chi connectivity index (χ0v) is 22.8. The van der Waals surface area contributed by atoms with E-state index in [1.165, 1.54) is 22.9 Å². The number of nitrogen functional groups attached to an aromatic ring is 1. The molecule has 0 saturated carbocycles. The van der Waals surface area contributed by atoms with Crippen LogP contribution in [-0.4, -0.2) is 36.4 Å². The molecular formula is C26H31ClN5OPS. The SMILES string of the molecule is Cc1ccc(Sc2ncc(N3CCC4(CC3)Cc3ccccc3[C@H]4N)nc2N)c(Cl)c1P(C)(C)=O. The lowest BCUT2D eigenvalue weighted by Crippen LogP contribution is -2.44. The Kier molecular flexibility index (Phi) is 6.41. The molecule has 0 bridgehead atoms. The summed E-state index contributed by atoms with van der Waals surface area (Å²) in [6.07, 6.45) is 4.85. The zero-order valence-electron chi connectivity index (χ0n) is 20.3. The molecule has 6 nitrogen and oxygen atoms in total. The number of nitrogens with two attached hydrogens (primary N) is 2. The number of anilines is 2. The summed E-state index contributed by atoms with van der Waals surface area (Å²) in [5.74, 6) is 1.15. The van der Waals surface area contributed by atoms with E-state index in [4.69, 9.17) is 23.1 Å². The maximum absolute atomic E-state index is 12.8. The van der Waals surface area contributed by atoms with Crippen molar-refractivity contribution in [3.63, 3.8) is 0 Å². The smallest absolute Gasteiger partial charge is 0.158 e. The van der Waals surface area contributed by atoms with Crippen LogP contribution in [0.2, 0.25) is 5.02 Å². The largest absolute Gasteiger partial charge is 0.381 e. The maximum atomic E-state index is 12.8. The molecule has 1 aromatic heterocycles. The number of nitrogens with zero attached hydrogens (tertiary/aromatic N) is 3. The van der Waals surface area contributed by atoms with Gasteiger partial charge in [-0.1, -0.05) is 53.7 Å². The molecule has 0 unspecified atom stereocenters. The van der Waals surface area contributed by atoms with E-state index in [2.05, 4.69) is 39.1 Å². The van der Waals surface area contributed by atoms with Crippen LogP contribution in [0.1, 0.15) is 35.6 Å². The van der Waals surface area contributed by atoms with Gasteiger partial charge in [-0.15, -0.1) is 0 Å². The quantitative estimate of drug-likeness (QED) is 0.446. The standard InChI is InChI=1S/C26H31ClN5OPS/c1-16-8-9-19(21(27)22(16)34(2,3)33)35-25-24(29)31-20(15-30-25)32-12-10-26(11-13-32)14-17-6-4-5-7-18(17)23(26)28/h4-9,15,23H,10-14,28H2,1-3H3,(H2,29,31)/t23-/m1/s1. The Morgan fingerprint density at radius 2 is 1.89 bits per heavy atom. The molecule has 3 aromatic rings. The number of aryl methyl sites for hydroxylation is 1. The summed E-state index contributed by atoms with van der Waals surface area (Å²) < 4.78 is 12.8. The number of benzene rings is 2. The second kappa shape index (κ2) is 9.11. The molecule has 9 heteroatoms. The summed E-state index contributed by atoms with van der Waals surface area (Å²) in [6, 6.07) is 12.5. The molecule has 2 heterocycles. The van der Waals surface area contributed by atoms with E-state index in [1.54, 1.807) is 19.5 Å². The van der Waals surface area contributed by atoms with Gasteiger partial charge >= 0.3 is 0 Å². The first kappa shape index (κ1) is 24.6. The van der Waals surface area contributed by atoms with Crippen molar-refractivity contribution in [1.82, 2.24) is 9.97 Å². The fourth-order valence-electron chi connectivity index (χ4n) is 5.59. The first-order valence-electron chi connectivity index (χ1n) is 11.8. The van der Waals surface area contributed by atoms with Gasteiger partial charge in [0, 0.05) is 29.3 Å². The second-order valence-corrected chi connectivity index (χ2v) is 14.7. The van der Waals surface area contributed by atoms with E-state index in [1.807, 2.05) is 19.1 Å². The number of aromatic nitrogens is 2. The molecule has 1 spiro atoms. The maximum Gasteiger partial charge on any atom is 0.158 e. The van der Waals surface area contributed by atoms with Crippen LogP contribution >= 0.6 is 30.5 Å². The van der Waals surface area contributed by atoms with Crippen molar-refractivity contribution in [3.8, 4) is 0 Å². The summed E-state index contributed by atoms with van der Waals surface area (Å²) in [4.78, 5) is 12.3. The number of rotatable bonds is 4. The molecule has 2 aromatic carbocycles. The first-order valence-corrected chi connectivity index (χ1v) is 15.6. The molecule has 0 radical (unpaired) electrons. The summed E-state index contributed by atoms with van der Waals surface area (Å²) in [6.45, 7) is 7.14. The summed E-state index contributed by atoms with van der Waals surface area (Å²) in [5.41, 5.74) is 16.8. The van der Waals surface area contributed by atoms with Crippen LogP contribution in [0, 0.1) is 12.3 Å². The van der Waals surface area contributed by atoms with Crippen LogP contribution in [0.3, 0.4) is 0 Å². The Hall–Kier alpha value is -2.05. The highest BCUT2D eigenvalue weighted by molar-refractivity contribution is 7.99. The van der Waals surface area contributed by atoms with E-state index in [9.17, 15) is 4.57 Å². The lowest BCUT2D eigenvalue weighted by Gasteiger charge is -2.42. The molecule has 4 N–H and O–H groups in total. The van der Waals surface area contributed by atoms with Gasteiger partial charge in [0.2, 0.25) is 0 Å². The van der Waals surface area contributed by atoms with Gasteiger partial charge in [0.15, 0.2) is 5.82 Å². The summed E-state index contributed by atoms with van der Waals surface area (Å²) >= 11 is 8.02. The molecule has 0 amide bonds. The Bertz CT molecular complexity index is 1340. The second-order valence-electron chi connectivity index (χ2n) is 10.1. The highest BCUT2D eigenvalue weighted by Gasteiger charge is 2.45. The van der Waals surface area contributed by atoms with Crippen molar-refractivity contribution in [3.05, 3.63) is 64.3 Å². The topological polar surface area (TPSA) is 98.1 Å². The van der Waals surface area contributed by atoms with E-state index in [0.717, 1.165) is 48.6 Å². The minimum absolute atomic E-state index is 0.0847. The van der Waals surface area contributed by atoms with Crippen molar-refractivity contribution in [1.29, 1.82) is 0 Å². The minimum atomic E-state index is -2.53. The van der Waals surface area contributed by atoms with Crippen LogP contribution in [0.4, 0.5) is 11.6 Å². The van der Waals surface area contributed by atoms with Crippen molar-refractivity contribution < 1.29 is 4.57 Å². The molecule has 2 aliphatic rings. The molecule has 184 valence electrons. The summed E-state index contributed by atoms with van der Waals surface area (Å²) in [5, 5.41) is 1.81. The fraction of sp³-hybridized carbons (Fsp3) is 0.385. The number of halogens is 1. The minimum Gasteiger partial charge on any atom is -0.381 e. The Labute approximate surface area is 216 Å². The van der Waals surface area contributed by atoms with Crippen molar-refractivity contribution in [2.24, 2.45) is 11.1 Å². The van der Waals surface area contributed by atoms with Crippen molar-refractivity contribution in [2.75, 3.05) is 37.1 Å². The van der Waals surface area contributed by atoms with E-state index >= 15 is 0 Å². The number of fused-ring (bicyclic) bond motifs is 1. The molecule has 1 aliphatic carbocycles. The molecule has 5 rings (SSSR count). The Balaban J connectivity index is 1.31. The fourth-order valence-corrected chi connectivity index (χ4v) is 8.91. The molecule has 1 saturated heterocycles. The van der Waals surface area contributed by atoms with Crippen LogP contribution in [-0.2, 0) is 11.0 Å². The average molecular weight is 528 g/mol. The number of hydrogen-bond acceptors (Lipinski definition) is 7. The highest BCUT2D eigenvalue weighted by atomic mass is 35.5. The van der Waals surface area contributed by atoms with Crippen LogP contribution in [0.15, 0.2) is 52.5 Å². The Morgan fingerprint density at radius 3 is 2.54 bits per heavy atom. The van der Waals surface area contributed by atoms with Gasteiger partial charge in [-0.05, 0) is 67.7 Å². The van der Waals surface area contributed by atoms with E-state index in [0.29, 0.717) is 21.2 Å². The van der Waals surface area contributed by atoms with E-state index < -0.39 is 7.14 Å². The van der Waals surface area contributed by atoms with Crippen LogP contribution in [0.25, 0.3) is 0 Å². The molecule has 35 heavy (non-hydrogen) atoms. The molecular weight excluding hydrogens is 497 g/mol. The first-order chi connectivity index (χ1) is 16.6. The van der Waals surface area contributed by atoms with Crippen molar-refractivity contribution in [2.45, 2.75) is 42.1 Å². The van der Waals surface area contributed by atoms with Crippen LogP contribution < -0.4 is 21.7 Å². The van der Waals surface area contributed by atoms with Gasteiger partial charge < -0.3 is 20.9 Å². The lowest BCUT2D eigenvalue weighted by molar-refractivity contribution is 0.187. The van der Waals surface area contributed by atoms with Gasteiger partial charge in [0.1, 0.15) is 18.0 Å². The predicted molar refractivity (Wildman–Crippen MR) is 147 cm³/mol. The normalized spacial score (nSPS) is 19.2. The zero-order chi connectivity index (χ0) is 25.0. The Morgan fingerprint density at radius 1 is 1.17 bits per heavy atom. The third-order valence-corrected chi connectivity index (χ3v) is 10.8. The van der Waals surface area contributed by atoms with E-state index in [-0.39, 0.29) is 11.5 Å². The lowest BCUT2D eigenvalue weighted by atomic mass is 9.73. The monoisotopic (exact) mass is 527 g/mol. The van der Waals surface area contributed by atoms with Gasteiger partial charge in [-0.2, -0.15) is 0 Å². The summed E-state index contributed by atoms with van der Waals surface area (Å²) in [7, 11) is -2.53. The predicted octanol–water partition coefficient (Wildman–Crippen LogP) is 5.26.